The molecule has 6 N–H and O–H groups in total. The molecule has 30 heavy (non-hydrogen) atoms. The summed E-state index contributed by atoms with van der Waals surface area (Å²) >= 11 is 0. The van der Waals surface area contributed by atoms with Gasteiger partial charge in [-0.15, -0.1) is 10.2 Å². The van der Waals surface area contributed by atoms with Crippen molar-refractivity contribution in [3.05, 3.63) is 41.9 Å². The maximum Gasteiger partial charge on any atom is 0.269 e. The van der Waals surface area contributed by atoms with Crippen LogP contribution in [0.4, 0.5) is 11.5 Å². The van der Waals surface area contributed by atoms with Gasteiger partial charge in [0.05, 0.1) is 11.3 Å². The monoisotopic (exact) mass is 406 g/mol. The molecule has 0 saturated carbocycles. The predicted molar refractivity (Wildman–Crippen MR) is 111 cm³/mol. The Hall–Kier alpha value is -3.69. The topological polar surface area (TPSA) is 156 Å². The molecule has 2 saturated heterocycles. The summed E-state index contributed by atoms with van der Waals surface area (Å²) in [6, 6.07) is 6.12. The zero-order valence-electron chi connectivity index (χ0n) is 16.2. The smallest absolute Gasteiger partial charge is 0.269 e. The van der Waals surface area contributed by atoms with E-state index in [4.69, 9.17) is 11.5 Å². The number of aromatic amines is 1. The molecule has 2 aliphatic heterocycles. The highest BCUT2D eigenvalue weighted by molar-refractivity contribution is 6.06. The van der Waals surface area contributed by atoms with Gasteiger partial charge < -0.3 is 26.7 Å². The van der Waals surface area contributed by atoms with Crippen molar-refractivity contribution >= 4 is 34.4 Å². The second-order valence-electron chi connectivity index (χ2n) is 7.90. The van der Waals surface area contributed by atoms with Crippen LogP contribution in [-0.4, -0.2) is 50.1 Å². The van der Waals surface area contributed by atoms with E-state index in [1.807, 2.05) is 12.1 Å². The number of hydrogen-bond acceptors (Lipinski definition) is 7. The molecule has 2 fully saturated rings. The Morgan fingerprint density at radius 1 is 1.07 bits per heavy atom. The average molecular weight is 406 g/mol. The highest BCUT2D eigenvalue weighted by Crippen LogP contribution is 2.40. The van der Waals surface area contributed by atoms with Crippen LogP contribution in [0.25, 0.3) is 11.0 Å². The number of carbonyl (C=O) groups is 2. The number of amides is 2. The second-order valence-corrected chi connectivity index (χ2v) is 7.90. The Bertz CT molecular complexity index is 1110. The number of carbonyl (C=O) groups excluding carboxylic acids is 2. The van der Waals surface area contributed by atoms with E-state index in [1.165, 1.54) is 6.20 Å². The number of primary amides is 2. The second kappa shape index (κ2) is 6.97. The lowest BCUT2D eigenvalue weighted by molar-refractivity contribution is 0.0988. The number of fused-ring (bicyclic) bond motifs is 3. The van der Waals surface area contributed by atoms with Crippen LogP contribution in [0.2, 0.25) is 0 Å². The van der Waals surface area contributed by atoms with Gasteiger partial charge in [0, 0.05) is 35.9 Å². The van der Waals surface area contributed by atoms with Crippen LogP contribution in [0, 0.1) is 0 Å². The fourth-order valence-electron chi connectivity index (χ4n) is 4.82. The lowest BCUT2D eigenvalue weighted by Crippen LogP contribution is -2.47. The van der Waals surface area contributed by atoms with Crippen molar-refractivity contribution in [2.24, 2.45) is 11.5 Å². The fourth-order valence-corrected chi connectivity index (χ4v) is 4.82. The number of anilines is 2. The molecule has 5 heterocycles. The quantitative estimate of drug-likeness (QED) is 0.495. The molecule has 0 aromatic carbocycles. The van der Waals surface area contributed by atoms with E-state index < -0.39 is 11.8 Å². The molecule has 0 spiro atoms. The van der Waals surface area contributed by atoms with Crippen LogP contribution < -0.4 is 21.7 Å². The minimum absolute atomic E-state index is 0.162. The third kappa shape index (κ3) is 3.00. The van der Waals surface area contributed by atoms with Crippen LogP contribution >= 0.6 is 0 Å². The van der Waals surface area contributed by atoms with Gasteiger partial charge in [0.2, 0.25) is 0 Å². The standard InChI is InChI=1S/C20H22N8O2/c21-18(29)14-9-24-20-13(5-6-23-20)17(14)25-10-7-11-1-2-12(8-10)28(11)16-4-3-15(19(22)30)26-27-16/h3-6,9-12H,1-2,7-8H2,(H2,21,29)(H2,22,30)(H2,23,24,25)/t10?,11-,12+. The number of hydrogen-bond donors (Lipinski definition) is 4. The van der Waals surface area contributed by atoms with E-state index in [2.05, 4.69) is 30.4 Å². The summed E-state index contributed by atoms with van der Waals surface area (Å²) < 4.78 is 0. The molecule has 0 aliphatic carbocycles. The van der Waals surface area contributed by atoms with E-state index in [-0.39, 0.29) is 11.7 Å². The summed E-state index contributed by atoms with van der Waals surface area (Å²) in [7, 11) is 0. The third-order valence-corrected chi connectivity index (χ3v) is 6.10. The number of nitrogens with zero attached hydrogens (tertiary/aromatic N) is 4. The Labute approximate surface area is 172 Å². The predicted octanol–water partition coefficient (Wildman–Crippen LogP) is 1.16. The zero-order valence-corrected chi connectivity index (χ0v) is 16.2. The first kappa shape index (κ1) is 18.3. The largest absolute Gasteiger partial charge is 0.381 e. The molecule has 3 aromatic rings. The molecular formula is C20H22N8O2. The molecule has 2 bridgehead atoms. The Kier molecular flexibility index (Phi) is 4.27. The molecule has 5 rings (SSSR count). The van der Waals surface area contributed by atoms with E-state index in [0.717, 1.165) is 42.6 Å². The number of nitrogens with two attached hydrogens (primary N) is 2. The number of pyridine rings is 1. The molecule has 3 aromatic heterocycles. The fraction of sp³-hybridized carbons (Fsp3) is 0.350. The highest BCUT2D eigenvalue weighted by atomic mass is 16.1. The van der Waals surface area contributed by atoms with Crippen LogP contribution in [0.3, 0.4) is 0 Å². The molecule has 154 valence electrons. The van der Waals surface area contributed by atoms with Crippen LogP contribution in [-0.2, 0) is 0 Å². The maximum atomic E-state index is 12.0. The minimum Gasteiger partial charge on any atom is -0.381 e. The zero-order chi connectivity index (χ0) is 20.8. The van der Waals surface area contributed by atoms with Gasteiger partial charge >= 0.3 is 0 Å². The summed E-state index contributed by atoms with van der Waals surface area (Å²) in [5.74, 6) is -0.322. The Morgan fingerprint density at radius 3 is 2.47 bits per heavy atom. The molecule has 2 aliphatic rings. The van der Waals surface area contributed by atoms with Crippen molar-refractivity contribution in [1.82, 2.24) is 20.2 Å². The molecule has 0 radical (unpaired) electrons. The van der Waals surface area contributed by atoms with Crippen LogP contribution in [0.5, 0.6) is 0 Å². The van der Waals surface area contributed by atoms with Gasteiger partial charge in [-0.1, -0.05) is 0 Å². The lowest BCUT2D eigenvalue weighted by atomic mass is 9.96. The summed E-state index contributed by atoms with van der Waals surface area (Å²) in [4.78, 5) is 32.9. The number of H-pyrrole nitrogens is 1. The normalized spacial score (nSPS) is 22.9. The molecule has 3 atom stereocenters. The SMILES string of the molecule is NC(=O)c1ccc(N2[C@@H]3CC[C@H]2CC(Nc2c(C(N)=O)cnc4[nH]ccc24)C3)nn1. The van der Waals surface area contributed by atoms with Crippen molar-refractivity contribution in [2.45, 2.75) is 43.8 Å². The maximum absolute atomic E-state index is 12.0. The van der Waals surface area contributed by atoms with Gasteiger partial charge in [-0.2, -0.15) is 0 Å². The summed E-state index contributed by atoms with van der Waals surface area (Å²) in [6.07, 6.45) is 7.21. The number of nitrogens with one attached hydrogen (secondary N) is 2. The van der Waals surface area contributed by atoms with Crippen molar-refractivity contribution in [3.63, 3.8) is 0 Å². The minimum atomic E-state index is -0.585. The third-order valence-electron chi connectivity index (χ3n) is 6.10. The molecule has 1 unspecified atom stereocenters. The van der Waals surface area contributed by atoms with Crippen molar-refractivity contribution < 1.29 is 9.59 Å². The van der Waals surface area contributed by atoms with Gasteiger partial charge in [-0.3, -0.25) is 9.59 Å². The first-order chi connectivity index (χ1) is 14.5. The van der Waals surface area contributed by atoms with E-state index in [1.54, 1.807) is 12.3 Å². The van der Waals surface area contributed by atoms with Crippen molar-refractivity contribution in [1.29, 1.82) is 0 Å². The van der Waals surface area contributed by atoms with E-state index >= 15 is 0 Å². The lowest BCUT2D eigenvalue weighted by Gasteiger charge is -2.40. The number of rotatable bonds is 5. The Morgan fingerprint density at radius 2 is 1.83 bits per heavy atom. The molecule has 10 nitrogen and oxygen atoms in total. The molecular weight excluding hydrogens is 384 g/mol. The average Bonchev–Trinajstić information content (AvgIpc) is 3.31. The van der Waals surface area contributed by atoms with Gasteiger partial charge in [-0.25, -0.2) is 4.98 Å². The van der Waals surface area contributed by atoms with Gasteiger partial charge in [0.15, 0.2) is 11.5 Å². The molecule has 2 amide bonds. The van der Waals surface area contributed by atoms with E-state index in [0.29, 0.717) is 23.3 Å². The first-order valence-corrected chi connectivity index (χ1v) is 9.95. The first-order valence-electron chi connectivity index (χ1n) is 9.95. The highest BCUT2D eigenvalue weighted by Gasteiger charge is 2.42. The summed E-state index contributed by atoms with van der Waals surface area (Å²) in [5.41, 5.74) is 12.9. The van der Waals surface area contributed by atoms with Gasteiger partial charge in [0.25, 0.3) is 11.8 Å². The number of aromatic nitrogens is 4. The number of piperidine rings is 1. The van der Waals surface area contributed by atoms with Crippen molar-refractivity contribution in [3.8, 4) is 0 Å². The van der Waals surface area contributed by atoms with Crippen molar-refractivity contribution in [2.75, 3.05) is 10.2 Å². The summed E-state index contributed by atoms with van der Waals surface area (Å²) in [5, 5.41) is 12.6. The van der Waals surface area contributed by atoms with E-state index in [9.17, 15) is 9.59 Å². The van der Waals surface area contributed by atoms with Gasteiger partial charge in [0.1, 0.15) is 5.65 Å². The van der Waals surface area contributed by atoms with Crippen LogP contribution in [0.1, 0.15) is 46.5 Å². The van der Waals surface area contributed by atoms with Gasteiger partial charge in [-0.05, 0) is 43.9 Å². The summed E-state index contributed by atoms with van der Waals surface area (Å²) in [6.45, 7) is 0. The molecule has 10 heteroatoms. The Balaban J connectivity index is 1.39. The van der Waals surface area contributed by atoms with Crippen LogP contribution in [0.15, 0.2) is 30.6 Å².